The van der Waals surface area contributed by atoms with Crippen LogP contribution in [0.5, 0.6) is 0 Å². The normalized spacial score (nSPS) is 12.5. The maximum absolute atomic E-state index is 11.9. The third-order valence-corrected chi connectivity index (χ3v) is 5.71. The zero-order valence-corrected chi connectivity index (χ0v) is 16.1. The van der Waals surface area contributed by atoms with Crippen LogP contribution in [-0.2, 0) is 27.2 Å². The summed E-state index contributed by atoms with van der Waals surface area (Å²) in [6, 6.07) is 11.6. The van der Waals surface area contributed by atoms with Crippen LogP contribution in [0, 0.1) is 6.92 Å². The summed E-state index contributed by atoms with van der Waals surface area (Å²) in [5, 5.41) is 3.28. The Bertz CT molecular complexity index is 838. The summed E-state index contributed by atoms with van der Waals surface area (Å²) in [6.45, 7) is 1.51. The molecular formula is C20H20ClNO3S. The monoisotopic (exact) mass is 389 g/mol. The van der Waals surface area contributed by atoms with Crippen molar-refractivity contribution in [3.63, 3.8) is 0 Å². The number of carbonyl (C=O) groups is 2. The predicted molar refractivity (Wildman–Crippen MR) is 105 cm³/mol. The Kier molecular flexibility index (Phi) is 6.22. The molecule has 3 rings (SSSR count). The summed E-state index contributed by atoms with van der Waals surface area (Å²) in [6.07, 6.45) is 3.45. The molecule has 0 saturated carbocycles. The SMILES string of the molecule is Cc1c(Cl)cccc1NC(=O)COC(=O)CSc1ccc2c(c1)CCC2. The quantitative estimate of drug-likeness (QED) is 0.587. The topological polar surface area (TPSA) is 55.4 Å². The number of amides is 1. The summed E-state index contributed by atoms with van der Waals surface area (Å²) in [7, 11) is 0. The van der Waals surface area contributed by atoms with Crippen LogP contribution in [0.4, 0.5) is 5.69 Å². The summed E-state index contributed by atoms with van der Waals surface area (Å²) in [5.41, 5.74) is 4.18. The van der Waals surface area contributed by atoms with Crippen molar-refractivity contribution in [3.05, 3.63) is 58.1 Å². The molecule has 4 nitrogen and oxygen atoms in total. The van der Waals surface area contributed by atoms with Gasteiger partial charge < -0.3 is 10.1 Å². The first-order valence-electron chi connectivity index (χ1n) is 8.48. The van der Waals surface area contributed by atoms with Gasteiger partial charge in [-0.3, -0.25) is 9.59 Å². The minimum Gasteiger partial charge on any atom is -0.455 e. The van der Waals surface area contributed by atoms with Crippen LogP contribution in [-0.4, -0.2) is 24.2 Å². The molecule has 0 heterocycles. The zero-order chi connectivity index (χ0) is 18.5. The number of nitrogens with one attached hydrogen (secondary N) is 1. The molecular weight excluding hydrogens is 370 g/mol. The zero-order valence-electron chi connectivity index (χ0n) is 14.5. The van der Waals surface area contributed by atoms with Crippen molar-refractivity contribution >= 4 is 40.9 Å². The minimum atomic E-state index is -0.409. The maximum Gasteiger partial charge on any atom is 0.316 e. The van der Waals surface area contributed by atoms with Crippen molar-refractivity contribution in [1.29, 1.82) is 0 Å². The lowest BCUT2D eigenvalue weighted by atomic mass is 10.1. The molecule has 26 heavy (non-hydrogen) atoms. The molecule has 0 fully saturated rings. The average molecular weight is 390 g/mol. The molecule has 0 aromatic heterocycles. The summed E-state index contributed by atoms with van der Waals surface area (Å²) < 4.78 is 5.06. The molecule has 0 bridgehead atoms. The molecule has 1 amide bonds. The number of carbonyl (C=O) groups excluding carboxylic acids is 2. The highest BCUT2D eigenvalue weighted by Gasteiger charge is 2.13. The molecule has 1 aliphatic carbocycles. The molecule has 0 atom stereocenters. The molecule has 6 heteroatoms. The van der Waals surface area contributed by atoms with Gasteiger partial charge in [-0.15, -0.1) is 11.8 Å². The minimum absolute atomic E-state index is 0.183. The number of ether oxygens (including phenoxy) is 1. The first-order chi connectivity index (χ1) is 12.5. The number of rotatable bonds is 6. The van der Waals surface area contributed by atoms with Crippen molar-refractivity contribution in [3.8, 4) is 0 Å². The smallest absolute Gasteiger partial charge is 0.316 e. The molecule has 0 spiro atoms. The van der Waals surface area contributed by atoms with Gasteiger partial charge in [-0.1, -0.05) is 23.7 Å². The van der Waals surface area contributed by atoms with Gasteiger partial charge in [0, 0.05) is 15.6 Å². The highest BCUT2D eigenvalue weighted by molar-refractivity contribution is 8.00. The van der Waals surface area contributed by atoms with E-state index >= 15 is 0 Å². The molecule has 1 aliphatic rings. The number of hydrogen-bond donors (Lipinski definition) is 1. The van der Waals surface area contributed by atoms with Gasteiger partial charge in [-0.2, -0.15) is 0 Å². The lowest BCUT2D eigenvalue weighted by Gasteiger charge is -2.10. The van der Waals surface area contributed by atoms with Crippen LogP contribution in [0.15, 0.2) is 41.3 Å². The van der Waals surface area contributed by atoms with Gasteiger partial charge in [0.05, 0.1) is 5.75 Å². The third kappa shape index (κ3) is 4.80. The summed E-state index contributed by atoms with van der Waals surface area (Å²) in [4.78, 5) is 24.9. The van der Waals surface area contributed by atoms with E-state index in [9.17, 15) is 9.59 Å². The number of thioether (sulfide) groups is 1. The van der Waals surface area contributed by atoms with Crippen LogP contribution in [0.1, 0.15) is 23.1 Å². The van der Waals surface area contributed by atoms with Crippen molar-refractivity contribution in [2.24, 2.45) is 0 Å². The highest BCUT2D eigenvalue weighted by atomic mass is 35.5. The van der Waals surface area contributed by atoms with Crippen LogP contribution < -0.4 is 5.32 Å². The number of anilines is 1. The lowest BCUT2D eigenvalue weighted by Crippen LogP contribution is -2.22. The molecule has 2 aromatic rings. The van der Waals surface area contributed by atoms with Gasteiger partial charge in [0.25, 0.3) is 5.91 Å². The standard InChI is InChI=1S/C20H20ClNO3S/c1-13-17(21)6-3-7-18(13)22-19(23)11-25-20(24)12-26-16-9-8-14-4-2-5-15(14)10-16/h3,6-10H,2,4-5,11-12H2,1H3,(H,22,23). The second-order valence-corrected chi connectivity index (χ2v) is 7.65. The Morgan fingerprint density at radius 3 is 2.85 bits per heavy atom. The van der Waals surface area contributed by atoms with Crippen LogP contribution in [0.2, 0.25) is 5.02 Å². The number of halogens is 1. The van der Waals surface area contributed by atoms with E-state index in [0.717, 1.165) is 23.3 Å². The Morgan fingerprint density at radius 1 is 1.19 bits per heavy atom. The van der Waals surface area contributed by atoms with E-state index in [2.05, 4.69) is 17.4 Å². The maximum atomic E-state index is 11.9. The Labute approximate surface area is 162 Å². The average Bonchev–Trinajstić information content (AvgIpc) is 3.10. The number of fused-ring (bicyclic) bond motifs is 1. The van der Waals surface area contributed by atoms with E-state index in [1.807, 2.05) is 13.0 Å². The lowest BCUT2D eigenvalue weighted by molar-refractivity contribution is -0.144. The fourth-order valence-corrected chi connectivity index (χ4v) is 3.83. The van der Waals surface area contributed by atoms with E-state index in [0.29, 0.717) is 10.7 Å². The molecule has 136 valence electrons. The van der Waals surface area contributed by atoms with Gasteiger partial charge in [-0.25, -0.2) is 0 Å². The van der Waals surface area contributed by atoms with E-state index < -0.39 is 5.97 Å². The molecule has 1 N–H and O–H groups in total. The third-order valence-electron chi connectivity index (χ3n) is 4.33. The van der Waals surface area contributed by atoms with Crippen LogP contribution >= 0.6 is 23.4 Å². The van der Waals surface area contributed by atoms with Gasteiger partial charge in [-0.05, 0) is 67.1 Å². The van der Waals surface area contributed by atoms with Crippen molar-refractivity contribution in [2.45, 2.75) is 31.1 Å². The number of hydrogen-bond acceptors (Lipinski definition) is 4. The highest BCUT2D eigenvalue weighted by Crippen LogP contribution is 2.27. The number of aryl methyl sites for hydroxylation is 2. The second kappa shape index (κ2) is 8.60. The summed E-state index contributed by atoms with van der Waals surface area (Å²) in [5.74, 6) is -0.609. The van der Waals surface area contributed by atoms with Gasteiger partial charge in [0.2, 0.25) is 0 Å². The molecule has 2 aromatic carbocycles. The van der Waals surface area contributed by atoms with Crippen molar-refractivity contribution in [1.82, 2.24) is 0 Å². The van der Waals surface area contributed by atoms with Gasteiger partial charge in [0.1, 0.15) is 0 Å². The molecule has 0 aliphatic heterocycles. The van der Waals surface area contributed by atoms with Crippen LogP contribution in [0.3, 0.4) is 0 Å². The summed E-state index contributed by atoms with van der Waals surface area (Å²) >= 11 is 7.45. The van der Waals surface area contributed by atoms with Gasteiger partial charge >= 0.3 is 5.97 Å². The fourth-order valence-electron chi connectivity index (χ4n) is 2.90. The van der Waals surface area contributed by atoms with Crippen LogP contribution in [0.25, 0.3) is 0 Å². The predicted octanol–water partition coefficient (Wildman–Crippen LogP) is 4.41. The second-order valence-electron chi connectivity index (χ2n) is 6.19. The largest absolute Gasteiger partial charge is 0.455 e. The fraction of sp³-hybridized carbons (Fsp3) is 0.300. The molecule has 0 unspecified atom stereocenters. The first kappa shape index (κ1) is 18.8. The Morgan fingerprint density at radius 2 is 2.00 bits per heavy atom. The van der Waals surface area contributed by atoms with E-state index in [1.165, 1.54) is 29.3 Å². The van der Waals surface area contributed by atoms with Gasteiger partial charge in [0.15, 0.2) is 6.61 Å². The van der Waals surface area contributed by atoms with E-state index in [-0.39, 0.29) is 18.3 Å². The number of esters is 1. The number of benzene rings is 2. The Balaban J connectivity index is 1.43. The van der Waals surface area contributed by atoms with Crippen molar-refractivity contribution < 1.29 is 14.3 Å². The van der Waals surface area contributed by atoms with E-state index in [1.54, 1.807) is 18.2 Å². The molecule has 0 radical (unpaired) electrons. The molecule has 0 saturated heterocycles. The Hall–Kier alpha value is -1.98. The van der Waals surface area contributed by atoms with E-state index in [4.69, 9.17) is 16.3 Å². The first-order valence-corrected chi connectivity index (χ1v) is 9.84. The van der Waals surface area contributed by atoms with Crippen molar-refractivity contribution in [2.75, 3.05) is 17.7 Å².